The van der Waals surface area contributed by atoms with Crippen molar-refractivity contribution in [1.29, 1.82) is 0 Å². The van der Waals surface area contributed by atoms with Gasteiger partial charge >= 0.3 is 0 Å². The lowest BCUT2D eigenvalue weighted by molar-refractivity contribution is -0.132. The van der Waals surface area contributed by atoms with Crippen LogP contribution in [0.3, 0.4) is 0 Å². The molecule has 1 amide bonds. The van der Waals surface area contributed by atoms with Crippen molar-refractivity contribution in [2.75, 3.05) is 26.2 Å². The van der Waals surface area contributed by atoms with E-state index in [0.717, 1.165) is 37.3 Å². The van der Waals surface area contributed by atoms with Crippen molar-refractivity contribution in [3.05, 3.63) is 0 Å². The van der Waals surface area contributed by atoms with E-state index in [1.807, 2.05) is 0 Å². The molecule has 3 rings (SSSR count). The van der Waals surface area contributed by atoms with E-state index >= 15 is 0 Å². The van der Waals surface area contributed by atoms with Gasteiger partial charge in [0.25, 0.3) is 0 Å². The Kier molecular flexibility index (Phi) is 4.65. The third-order valence-electron chi connectivity index (χ3n) is 5.88. The van der Waals surface area contributed by atoms with E-state index in [9.17, 15) is 4.79 Å². The first kappa shape index (κ1) is 14.4. The SMILES string of the molecule is CC1CCCC(CC(=O)N2CC[C@@H]3CNC[C@@H]3CC2)C1. The van der Waals surface area contributed by atoms with Crippen LogP contribution in [0.15, 0.2) is 0 Å². The molecule has 0 bridgehead atoms. The minimum Gasteiger partial charge on any atom is -0.343 e. The van der Waals surface area contributed by atoms with Gasteiger partial charge in [0.2, 0.25) is 5.91 Å². The van der Waals surface area contributed by atoms with Crippen LogP contribution < -0.4 is 5.32 Å². The van der Waals surface area contributed by atoms with Gasteiger partial charge in [0.15, 0.2) is 0 Å². The second-order valence-corrected chi connectivity index (χ2v) is 7.48. The van der Waals surface area contributed by atoms with Gasteiger partial charge in [0.1, 0.15) is 0 Å². The lowest BCUT2D eigenvalue weighted by Crippen LogP contribution is -2.34. The maximum atomic E-state index is 12.6. The average molecular weight is 278 g/mol. The van der Waals surface area contributed by atoms with Crippen molar-refractivity contribution < 1.29 is 4.79 Å². The van der Waals surface area contributed by atoms with Crippen LogP contribution in [0, 0.1) is 23.7 Å². The molecule has 3 heteroatoms. The minimum atomic E-state index is 0.442. The summed E-state index contributed by atoms with van der Waals surface area (Å²) >= 11 is 0. The first-order valence-corrected chi connectivity index (χ1v) is 8.71. The second-order valence-electron chi connectivity index (χ2n) is 7.48. The maximum absolute atomic E-state index is 12.6. The number of carbonyl (C=O) groups is 1. The highest BCUT2D eigenvalue weighted by molar-refractivity contribution is 5.76. The summed E-state index contributed by atoms with van der Waals surface area (Å²) in [7, 11) is 0. The Morgan fingerprint density at radius 1 is 1.10 bits per heavy atom. The monoisotopic (exact) mass is 278 g/mol. The Labute approximate surface area is 123 Å². The molecule has 1 aliphatic carbocycles. The first-order valence-electron chi connectivity index (χ1n) is 8.71. The molecule has 0 aromatic heterocycles. The van der Waals surface area contributed by atoms with Crippen LogP contribution in [-0.4, -0.2) is 37.0 Å². The molecule has 20 heavy (non-hydrogen) atoms. The van der Waals surface area contributed by atoms with Gasteiger partial charge in [-0.15, -0.1) is 0 Å². The quantitative estimate of drug-likeness (QED) is 0.842. The zero-order valence-corrected chi connectivity index (χ0v) is 12.9. The molecule has 1 N–H and O–H groups in total. The van der Waals surface area contributed by atoms with Crippen molar-refractivity contribution in [2.45, 2.75) is 51.9 Å². The molecule has 3 nitrogen and oxygen atoms in total. The fraction of sp³-hybridized carbons (Fsp3) is 0.941. The van der Waals surface area contributed by atoms with Crippen LogP contribution in [0.1, 0.15) is 51.9 Å². The van der Waals surface area contributed by atoms with Crippen LogP contribution in [0.5, 0.6) is 0 Å². The van der Waals surface area contributed by atoms with Crippen molar-refractivity contribution in [3.8, 4) is 0 Å². The summed E-state index contributed by atoms with van der Waals surface area (Å²) in [6.07, 6.45) is 8.49. The van der Waals surface area contributed by atoms with Crippen molar-refractivity contribution in [2.24, 2.45) is 23.7 Å². The Hall–Kier alpha value is -0.570. The summed E-state index contributed by atoms with van der Waals surface area (Å²) in [5.41, 5.74) is 0. The summed E-state index contributed by atoms with van der Waals surface area (Å²) in [6, 6.07) is 0. The van der Waals surface area contributed by atoms with Crippen molar-refractivity contribution >= 4 is 5.91 Å². The number of likely N-dealkylation sites (tertiary alicyclic amines) is 1. The Bertz CT molecular complexity index is 330. The van der Waals surface area contributed by atoms with E-state index in [0.29, 0.717) is 11.8 Å². The molecular weight excluding hydrogens is 248 g/mol. The summed E-state index contributed by atoms with van der Waals surface area (Å²) in [5.74, 6) is 3.58. The molecule has 3 aliphatic rings. The summed E-state index contributed by atoms with van der Waals surface area (Å²) < 4.78 is 0. The highest BCUT2D eigenvalue weighted by Crippen LogP contribution is 2.32. The molecule has 2 aliphatic heterocycles. The lowest BCUT2D eigenvalue weighted by atomic mass is 9.80. The molecule has 114 valence electrons. The van der Waals surface area contributed by atoms with E-state index in [2.05, 4.69) is 17.1 Å². The molecule has 4 atom stereocenters. The van der Waals surface area contributed by atoms with Crippen LogP contribution in [0.2, 0.25) is 0 Å². The van der Waals surface area contributed by atoms with Crippen molar-refractivity contribution in [1.82, 2.24) is 10.2 Å². The van der Waals surface area contributed by atoms with Crippen LogP contribution in [-0.2, 0) is 4.79 Å². The van der Waals surface area contributed by atoms with Gasteiger partial charge in [0, 0.05) is 19.5 Å². The predicted octanol–water partition coefficient (Wildman–Crippen LogP) is 2.66. The molecule has 2 saturated heterocycles. The zero-order valence-electron chi connectivity index (χ0n) is 12.9. The molecule has 0 aromatic carbocycles. The number of nitrogens with one attached hydrogen (secondary N) is 1. The second kappa shape index (κ2) is 6.46. The van der Waals surface area contributed by atoms with E-state index in [1.165, 1.54) is 51.6 Å². The number of carbonyl (C=O) groups excluding carboxylic acids is 1. The smallest absolute Gasteiger partial charge is 0.222 e. The largest absolute Gasteiger partial charge is 0.343 e. The number of rotatable bonds is 2. The lowest BCUT2D eigenvalue weighted by Gasteiger charge is -2.29. The summed E-state index contributed by atoms with van der Waals surface area (Å²) in [6.45, 7) is 6.70. The van der Waals surface area contributed by atoms with Crippen LogP contribution in [0.25, 0.3) is 0 Å². The molecule has 0 spiro atoms. The van der Waals surface area contributed by atoms with E-state index < -0.39 is 0 Å². The third-order valence-corrected chi connectivity index (χ3v) is 5.88. The number of fused-ring (bicyclic) bond motifs is 1. The van der Waals surface area contributed by atoms with E-state index in [-0.39, 0.29) is 0 Å². The van der Waals surface area contributed by atoms with Gasteiger partial charge in [-0.1, -0.05) is 19.8 Å². The summed E-state index contributed by atoms with van der Waals surface area (Å²) in [4.78, 5) is 14.7. The number of hydrogen-bond acceptors (Lipinski definition) is 2. The number of hydrogen-bond donors (Lipinski definition) is 1. The Morgan fingerprint density at radius 3 is 2.45 bits per heavy atom. The standard InChI is InChI=1S/C17H30N2O/c1-13-3-2-4-14(9-13)10-17(20)19-7-5-15-11-18-12-16(15)6-8-19/h13-16,18H,2-12H2,1H3/t13?,14?,15-,16+. The van der Waals surface area contributed by atoms with E-state index in [4.69, 9.17) is 0 Å². The van der Waals surface area contributed by atoms with Crippen molar-refractivity contribution in [3.63, 3.8) is 0 Å². The first-order chi connectivity index (χ1) is 9.72. The van der Waals surface area contributed by atoms with Gasteiger partial charge in [-0.2, -0.15) is 0 Å². The zero-order chi connectivity index (χ0) is 13.9. The Balaban J connectivity index is 1.49. The normalized spacial score (nSPS) is 38.4. The molecule has 0 radical (unpaired) electrons. The number of nitrogens with zero attached hydrogens (tertiary/aromatic N) is 1. The van der Waals surface area contributed by atoms with Crippen LogP contribution >= 0.6 is 0 Å². The molecule has 0 aromatic rings. The van der Waals surface area contributed by atoms with Gasteiger partial charge in [0.05, 0.1) is 0 Å². The predicted molar refractivity (Wildman–Crippen MR) is 81.4 cm³/mol. The molecular formula is C17H30N2O. The topological polar surface area (TPSA) is 32.3 Å². The highest BCUT2D eigenvalue weighted by Gasteiger charge is 2.32. The average Bonchev–Trinajstić information content (AvgIpc) is 2.77. The van der Waals surface area contributed by atoms with Gasteiger partial charge in [-0.25, -0.2) is 0 Å². The van der Waals surface area contributed by atoms with Gasteiger partial charge in [-0.3, -0.25) is 4.79 Å². The Morgan fingerprint density at radius 2 is 1.80 bits per heavy atom. The molecule has 1 saturated carbocycles. The van der Waals surface area contributed by atoms with Crippen LogP contribution in [0.4, 0.5) is 0 Å². The fourth-order valence-electron chi connectivity index (χ4n) is 4.59. The van der Waals surface area contributed by atoms with Gasteiger partial charge < -0.3 is 10.2 Å². The highest BCUT2D eigenvalue weighted by atomic mass is 16.2. The van der Waals surface area contributed by atoms with Gasteiger partial charge in [-0.05, 0) is 62.4 Å². The summed E-state index contributed by atoms with van der Waals surface area (Å²) in [5, 5.41) is 3.50. The fourth-order valence-corrected chi connectivity index (χ4v) is 4.59. The third kappa shape index (κ3) is 3.36. The maximum Gasteiger partial charge on any atom is 0.222 e. The molecule has 3 fully saturated rings. The number of amides is 1. The van der Waals surface area contributed by atoms with E-state index in [1.54, 1.807) is 0 Å². The minimum absolute atomic E-state index is 0.442. The molecule has 2 heterocycles. The molecule has 2 unspecified atom stereocenters.